The number of amides is 1. The number of anilines is 1. The lowest BCUT2D eigenvalue weighted by atomic mass is 10.2. The molecule has 1 atom stereocenters. The fourth-order valence-corrected chi connectivity index (χ4v) is 3.66. The van der Waals surface area contributed by atoms with E-state index in [9.17, 15) is 4.79 Å². The van der Waals surface area contributed by atoms with E-state index < -0.39 is 0 Å². The highest BCUT2D eigenvalue weighted by atomic mass is 16.2. The standard InChI is InChI=1S/C20H31N7O/c1-12(2)27-15(5)16(10-23-27)9-22-17-7-8-26(11-17)19-13(3)14(4)24-18(25-19)20(28)21-6/h10,12,17,22H,7-9,11H2,1-6H3,(H,21,28)/t17-/m1/s1. The lowest BCUT2D eigenvalue weighted by Crippen LogP contribution is -2.33. The SMILES string of the molecule is CNC(=O)c1nc(C)c(C)c(N2CC[C@@H](NCc3cnn(C(C)C)c3C)C2)n1. The third-order valence-electron chi connectivity index (χ3n) is 5.50. The first kappa shape index (κ1) is 20.3. The van der Waals surface area contributed by atoms with Crippen molar-refractivity contribution in [1.82, 2.24) is 30.4 Å². The molecule has 1 saturated heterocycles. The average molecular weight is 386 g/mol. The van der Waals surface area contributed by atoms with Crippen molar-refractivity contribution in [2.45, 2.75) is 59.7 Å². The molecule has 0 aliphatic carbocycles. The van der Waals surface area contributed by atoms with Crippen LogP contribution in [0, 0.1) is 20.8 Å². The van der Waals surface area contributed by atoms with Gasteiger partial charge in [0.15, 0.2) is 0 Å². The van der Waals surface area contributed by atoms with Crippen LogP contribution in [0.3, 0.4) is 0 Å². The topological polar surface area (TPSA) is 88.0 Å². The third-order valence-corrected chi connectivity index (χ3v) is 5.50. The first-order valence-corrected chi connectivity index (χ1v) is 9.90. The number of nitrogens with zero attached hydrogens (tertiary/aromatic N) is 5. The Morgan fingerprint density at radius 3 is 2.68 bits per heavy atom. The van der Waals surface area contributed by atoms with Crippen LogP contribution in [-0.4, -0.2) is 51.8 Å². The minimum Gasteiger partial charge on any atom is -0.355 e. The molecule has 1 aliphatic rings. The normalized spacial score (nSPS) is 16.8. The number of hydrogen-bond acceptors (Lipinski definition) is 6. The predicted octanol–water partition coefficient (Wildman–Crippen LogP) is 1.91. The summed E-state index contributed by atoms with van der Waals surface area (Å²) in [6.07, 6.45) is 3.00. The largest absolute Gasteiger partial charge is 0.355 e. The van der Waals surface area contributed by atoms with Crippen molar-refractivity contribution in [3.63, 3.8) is 0 Å². The third kappa shape index (κ3) is 4.01. The molecule has 0 radical (unpaired) electrons. The lowest BCUT2D eigenvalue weighted by molar-refractivity contribution is 0.0952. The van der Waals surface area contributed by atoms with Gasteiger partial charge in [0.05, 0.1) is 6.20 Å². The van der Waals surface area contributed by atoms with Gasteiger partial charge in [0.1, 0.15) is 5.82 Å². The van der Waals surface area contributed by atoms with E-state index in [4.69, 9.17) is 0 Å². The second kappa shape index (κ2) is 8.26. The maximum absolute atomic E-state index is 12.0. The van der Waals surface area contributed by atoms with Crippen molar-refractivity contribution in [3.05, 3.63) is 34.5 Å². The van der Waals surface area contributed by atoms with Crippen LogP contribution >= 0.6 is 0 Å². The highest BCUT2D eigenvalue weighted by molar-refractivity contribution is 5.90. The summed E-state index contributed by atoms with van der Waals surface area (Å²) in [6, 6.07) is 0.745. The van der Waals surface area contributed by atoms with Crippen LogP contribution in [0.25, 0.3) is 0 Å². The molecule has 2 aromatic rings. The highest BCUT2D eigenvalue weighted by Crippen LogP contribution is 2.24. The van der Waals surface area contributed by atoms with Crippen LogP contribution in [0.2, 0.25) is 0 Å². The van der Waals surface area contributed by atoms with Crippen molar-refractivity contribution in [1.29, 1.82) is 0 Å². The predicted molar refractivity (Wildman–Crippen MR) is 110 cm³/mol. The molecule has 8 nitrogen and oxygen atoms in total. The van der Waals surface area contributed by atoms with E-state index in [1.54, 1.807) is 7.05 Å². The monoisotopic (exact) mass is 385 g/mol. The average Bonchev–Trinajstić information content (AvgIpc) is 3.28. The maximum atomic E-state index is 12.0. The zero-order valence-electron chi connectivity index (χ0n) is 17.7. The van der Waals surface area contributed by atoms with Crippen LogP contribution in [0.5, 0.6) is 0 Å². The molecule has 1 amide bonds. The summed E-state index contributed by atoms with van der Waals surface area (Å²) in [6.45, 7) is 12.9. The van der Waals surface area contributed by atoms with Gasteiger partial charge in [0, 0.05) is 61.3 Å². The van der Waals surface area contributed by atoms with E-state index in [0.717, 1.165) is 43.1 Å². The fourth-order valence-electron chi connectivity index (χ4n) is 3.66. The van der Waals surface area contributed by atoms with E-state index in [1.165, 1.54) is 11.3 Å². The van der Waals surface area contributed by atoms with E-state index >= 15 is 0 Å². The number of aryl methyl sites for hydroxylation is 1. The Labute approximate surface area is 166 Å². The van der Waals surface area contributed by atoms with Crippen molar-refractivity contribution in [3.8, 4) is 0 Å². The zero-order chi connectivity index (χ0) is 20.4. The minimum atomic E-state index is -0.254. The van der Waals surface area contributed by atoms with E-state index in [-0.39, 0.29) is 11.7 Å². The summed E-state index contributed by atoms with van der Waals surface area (Å²) in [5, 5.41) is 10.8. The van der Waals surface area contributed by atoms with Crippen LogP contribution in [0.4, 0.5) is 5.82 Å². The van der Waals surface area contributed by atoms with Gasteiger partial charge in [-0.3, -0.25) is 9.48 Å². The first-order valence-electron chi connectivity index (χ1n) is 9.90. The molecule has 0 bridgehead atoms. The minimum absolute atomic E-state index is 0.230. The smallest absolute Gasteiger partial charge is 0.288 e. The summed E-state index contributed by atoms with van der Waals surface area (Å²) < 4.78 is 2.06. The summed E-state index contributed by atoms with van der Waals surface area (Å²) in [7, 11) is 1.60. The van der Waals surface area contributed by atoms with Gasteiger partial charge in [0.2, 0.25) is 5.82 Å². The zero-order valence-corrected chi connectivity index (χ0v) is 17.7. The highest BCUT2D eigenvalue weighted by Gasteiger charge is 2.26. The van der Waals surface area contributed by atoms with Crippen LogP contribution in [0.1, 0.15) is 59.4 Å². The van der Waals surface area contributed by atoms with E-state index in [0.29, 0.717) is 12.1 Å². The number of nitrogens with one attached hydrogen (secondary N) is 2. The number of aromatic nitrogens is 4. The number of carbonyl (C=O) groups is 1. The van der Waals surface area contributed by atoms with Crippen LogP contribution in [0.15, 0.2) is 6.20 Å². The first-order chi connectivity index (χ1) is 13.3. The van der Waals surface area contributed by atoms with Crippen molar-refractivity contribution in [2.75, 3.05) is 25.0 Å². The lowest BCUT2D eigenvalue weighted by Gasteiger charge is -2.21. The number of hydrogen-bond donors (Lipinski definition) is 2. The molecule has 8 heteroatoms. The van der Waals surface area contributed by atoms with E-state index in [1.807, 2.05) is 20.0 Å². The van der Waals surface area contributed by atoms with Crippen LogP contribution in [-0.2, 0) is 6.54 Å². The van der Waals surface area contributed by atoms with Crippen LogP contribution < -0.4 is 15.5 Å². The van der Waals surface area contributed by atoms with Gasteiger partial charge in [-0.05, 0) is 41.0 Å². The summed E-state index contributed by atoms with van der Waals surface area (Å²) in [5.74, 6) is 0.837. The van der Waals surface area contributed by atoms with E-state index in [2.05, 4.69) is 56.1 Å². The summed E-state index contributed by atoms with van der Waals surface area (Å²) >= 11 is 0. The van der Waals surface area contributed by atoms with Gasteiger partial charge in [-0.2, -0.15) is 5.10 Å². The Morgan fingerprint density at radius 2 is 2.04 bits per heavy atom. The molecule has 152 valence electrons. The Kier molecular flexibility index (Phi) is 5.98. The maximum Gasteiger partial charge on any atom is 0.288 e. The van der Waals surface area contributed by atoms with Crippen molar-refractivity contribution in [2.24, 2.45) is 0 Å². The molecule has 2 N–H and O–H groups in total. The fraction of sp³-hybridized carbons (Fsp3) is 0.600. The Morgan fingerprint density at radius 1 is 1.29 bits per heavy atom. The number of carbonyl (C=O) groups excluding carboxylic acids is 1. The quantitative estimate of drug-likeness (QED) is 0.790. The molecule has 0 saturated carbocycles. The van der Waals surface area contributed by atoms with Gasteiger partial charge in [-0.25, -0.2) is 9.97 Å². The molecule has 0 unspecified atom stereocenters. The van der Waals surface area contributed by atoms with Gasteiger partial charge >= 0.3 is 0 Å². The Hall–Kier alpha value is -2.48. The summed E-state index contributed by atoms with van der Waals surface area (Å²) in [5.41, 5.74) is 4.33. The molecule has 2 aromatic heterocycles. The molecular weight excluding hydrogens is 354 g/mol. The van der Waals surface area contributed by atoms with Gasteiger partial charge in [-0.15, -0.1) is 0 Å². The molecular formula is C20H31N7O. The second-order valence-corrected chi connectivity index (χ2v) is 7.77. The molecule has 1 fully saturated rings. The molecule has 0 aromatic carbocycles. The van der Waals surface area contributed by atoms with Gasteiger partial charge < -0.3 is 15.5 Å². The van der Waals surface area contributed by atoms with Gasteiger partial charge in [0.25, 0.3) is 5.91 Å². The molecule has 28 heavy (non-hydrogen) atoms. The molecule has 1 aliphatic heterocycles. The Balaban J connectivity index is 1.67. The van der Waals surface area contributed by atoms with Crippen molar-refractivity contribution < 1.29 is 4.79 Å². The molecule has 3 heterocycles. The van der Waals surface area contributed by atoms with Gasteiger partial charge in [-0.1, -0.05) is 0 Å². The number of rotatable bonds is 6. The molecule has 0 spiro atoms. The summed E-state index contributed by atoms with van der Waals surface area (Å²) in [4.78, 5) is 23.1. The molecule has 3 rings (SSSR count). The second-order valence-electron chi connectivity index (χ2n) is 7.77. The van der Waals surface area contributed by atoms with Crippen molar-refractivity contribution >= 4 is 11.7 Å². The Bertz CT molecular complexity index is 858.